The fourth-order valence-corrected chi connectivity index (χ4v) is 2.39. The predicted octanol–water partition coefficient (Wildman–Crippen LogP) is 0.416. The average molecular weight is 418 g/mol. The number of anilines is 1. The van der Waals surface area contributed by atoms with E-state index in [1.807, 2.05) is 14.1 Å². The van der Waals surface area contributed by atoms with Crippen molar-refractivity contribution in [2.24, 2.45) is 0 Å². The Balaban J connectivity index is 0.000000370. The Kier molecular flexibility index (Phi) is 6.18. The first-order valence-electron chi connectivity index (χ1n) is 8.03. The molecule has 158 valence electrons. The molecule has 0 saturated carbocycles. The highest BCUT2D eigenvalue weighted by atomic mass is 19.4. The maximum Gasteiger partial charge on any atom is 0.490 e. The largest absolute Gasteiger partial charge is 0.507 e. The first-order valence-corrected chi connectivity index (χ1v) is 8.03. The molecule has 1 aromatic carbocycles. The van der Waals surface area contributed by atoms with Crippen LogP contribution in [0.3, 0.4) is 0 Å². The van der Waals surface area contributed by atoms with Gasteiger partial charge >= 0.3 is 12.1 Å². The summed E-state index contributed by atoms with van der Waals surface area (Å²) < 4.78 is 36.8. The fraction of sp³-hybridized carbons (Fsp3) is 0.353. The molecule has 1 saturated heterocycles. The van der Waals surface area contributed by atoms with Crippen LogP contribution in [-0.2, 0) is 14.3 Å². The normalized spacial score (nSPS) is 22.5. The molecule has 0 bridgehead atoms. The number of carboxylic acid groups (broad SMARTS) is 1. The van der Waals surface area contributed by atoms with Gasteiger partial charge in [-0.1, -0.05) is 0 Å². The number of alkyl halides is 3. The number of phenolic OH excluding ortho intramolecular Hbond substituents is 1. The maximum atomic E-state index is 12.2. The van der Waals surface area contributed by atoms with Gasteiger partial charge in [0.15, 0.2) is 5.78 Å². The van der Waals surface area contributed by atoms with Crippen molar-refractivity contribution in [3.63, 3.8) is 0 Å². The van der Waals surface area contributed by atoms with Crippen LogP contribution in [0.2, 0.25) is 0 Å². The second-order valence-corrected chi connectivity index (χ2v) is 6.32. The number of nitrogens with zero attached hydrogens (tertiary/aromatic N) is 1. The molecule has 1 amide bonds. The smallest absolute Gasteiger partial charge is 0.490 e. The summed E-state index contributed by atoms with van der Waals surface area (Å²) in [5.41, 5.74) is 0.894. The molecule has 1 aliphatic carbocycles. The molecule has 9 nitrogen and oxygen atoms in total. The van der Waals surface area contributed by atoms with Crippen LogP contribution < -0.4 is 10.2 Å². The number of fused-ring (bicyclic) bond motifs is 1. The first kappa shape index (κ1) is 22.2. The summed E-state index contributed by atoms with van der Waals surface area (Å²) in [6, 6.07) is 4.63. The highest BCUT2D eigenvalue weighted by Gasteiger charge is 2.53. The number of rotatable bonds is 3. The zero-order valence-corrected chi connectivity index (χ0v) is 15.1. The lowest BCUT2D eigenvalue weighted by molar-refractivity contribution is -0.192. The van der Waals surface area contributed by atoms with E-state index in [0.29, 0.717) is 0 Å². The Bertz CT molecular complexity index is 867. The monoisotopic (exact) mass is 418 g/mol. The van der Waals surface area contributed by atoms with E-state index in [-0.39, 0.29) is 22.8 Å². The molecule has 1 aliphatic heterocycles. The molecule has 12 heteroatoms. The van der Waals surface area contributed by atoms with E-state index in [9.17, 15) is 33.0 Å². The Morgan fingerprint density at radius 3 is 2.31 bits per heavy atom. The summed E-state index contributed by atoms with van der Waals surface area (Å²) in [6.45, 7) is 0. The SMILES string of the molecule is CN(C)c1ccc(C(=O)NC2=CC(=O)C3OC3C2O)c(O)c1.O=C(O)C(F)(F)F. The quantitative estimate of drug-likeness (QED) is 0.518. The minimum atomic E-state index is -5.08. The number of amides is 1. The number of aromatic hydroxyl groups is 1. The van der Waals surface area contributed by atoms with Crippen molar-refractivity contribution in [2.45, 2.75) is 24.5 Å². The number of phenols is 1. The van der Waals surface area contributed by atoms with E-state index in [4.69, 9.17) is 14.6 Å². The highest BCUT2D eigenvalue weighted by Crippen LogP contribution is 2.33. The summed E-state index contributed by atoms with van der Waals surface area (Å²) in [6.07, 6.45) is -6.14. The van der Waals surface area contributed by atoms with E-state index >= 15 is 0 Å². The lowest BCUT2D eigenvalue weighted by Crippen LogP contribution is -2.37. The summed E-state index contributed by atoms with van der Waals surface area (Å²) in [5.74, 6) is -3.81. The van der Waals surface area contributed by atoms with Crippen molar-refractivity contribution in [3.05, 3.63) is 35.5 Å². The van der Waals surface area contributed by atoms with E-state index in [1.54, 1.807) is 11.0 Å². The van der Waals surface area contributed by atoms with E-state index in [2.05, 4.69) is 5.32 Å². The van der Waals surface area contributed by atoms with Gasteiger partial charge in [-0.2, -0.15) is 13.2 Å². The van der Waals surface area contributed by atoms with Crippen molar-refractivity contribution < 1.29 is 47.6 Å². The third-order valence-corrected chi connectivity index (χ3v) is 3.98. The van der Waals surface area contributed by atoms with Crippen LogP contribution in [0, 0.1) is 0 Å². The van der Waals surface area contributed by atoms with Gasteiger partial charge in [-0.05, 0) is 12.1 Å². The Morgan fingerprint density at radius 1 is 1.24 bits per heavy atom. The lowest BCUT2D eigenvalue weighted by Gasteiger charge is -2.18. The molecular weight excluding hydrogens is 401 g/mol. The number of aliphatic hydroxyl groups excluding tert-OH is 1. The number of ether oxygens (including phenoxy) is 1. The van der Waals surface area contributed by atoms with Gasteiger partial charge in [-0.3, -0.25) is 9.59 Å². The fourth-order valence-electron chi connectivity index (χ4n) is 2.39. The van der Waals surface area contributed by atoms with Crippen LogP contribution in [0.1, 0.15) is 10.4 Å². The van der Waals surface area contributed by atoms with Gasteiger partial charge in [-0.15, -0.1) is 0 Å². The molecule has 0 spiro atoms. The van der Waals surface area contributed by atoms with Gasteiger partial charge in [-0.25, -0.2) is 4.79 Å². The average Bonchev–Trinajstić information content (AvgIpc) is 3.40. The number of epoxide rings is 1. The number of aliphatic carboxylic acids is 1. The zero-order valence-electron chi connectivity index (χ0n) is 15.1. The maximum absolute atomic E-state index is 12.2. The summed E-state index contributed by atoms with van der Waals surface area (Å²) >= 11 is 0. The highest BCUT2D eigenvalue weighted by molar-refractivity contribution is 6.02. The Morgan fingerprint density at radius 2 is 1.83 bits per heavy atom. The van der Waals surface area contributed by atoms with Crippen LogP contribution in [0.25, 0.3) is 0 Å². The number of hydrogen-bond acceptors (Lipinski definition) is 7. The van der Waals surface area contributed by atoms with Crippen LogP contribution in [-0.4, -0.2) is 71.6 Å². The number of carboxylic acids is 1. The standard InChI is InChI=1S/C15H16N2O5.C2HF3O2/c1-17(2)7-3-4-8(10(18)5-7)15(21)16-9-6-11(19)13-14(22-13)12(9)20;3-2(4,5)1(6)7/h3-6,12-14,18,20H,1-2H3,(H,16,21);(H,6,7). The van der Waals surface area contributed by atoms with Gasteiger partial charge in [0.2, 0.25) is 0 Å². The topological polar surface area (TPSA) is 140 Å². The van der Waals surface area contributed by atoms with Crippen LogP contribution in [0.5, 0.6) is 5.75 Å². The number of ketones is 1. The molecule has 1 fully saturated rings. The molecule has 3 rings (SSSR count). The summed E-state index contributed by atoms with van der Waals surface area (Å²) in [4.78, 5) is 34.5. The molecule has 2 aliphatic rings. The third-order valence-electron chi connectivity index (χ3n) is 3.98. The molecule has 4 N–H and O–H groups in total. The molecule has 0 aromatic heterocycles. The third kappa shape index (κ3) is 5.23. The van der Waals surface area contributed by atoms with Crippen molar-refractivity contribution in [1.82, 2.24) is 5.32 Å². The van der Waals surface area contributed by atoms with Crippen LogP contribution in [0.4, 0.5) is 18.9 Å². The van der Waals surface area contributed by atoms with Gasteiger partial charge in [0, 0.05) is 31.9 Å². The van der Waals surface area contributed by atoms with Crippen molar-refractivity contribution in [2.75, 3.05) is 19.0 Å². The number of hydrogen-bond donors (Lipinski definition) is 4. The van der Waals surface area contributed by atoms with Crippen LogP contribution in [0.15, 0.2) is 30.0 Å². The number of nitrogens with one attached hydrogen (secondary N) is 1. The van der Waals surface area contributed by atoms with E-state index in [0.717, 1.165) is 5.69 Å². The predicted molar refractivity (Wildman–Crippen MR) is 91.3 cm³/mol. The minimum absolute atomic E-state index is 0.0602. The number of halogens is 3. The lowest BCUT2D eigenvalue weighted by atomic mass is 10.0. The summed E-state index contributed by atoms with van der Waals surface area (Å²) in [7, 11) is 3.63. The van der Waals surface area contributed by atoms with Gasteiger partial charge in [0.05, 0.1) is 11.3 Å². The molecular formula is C17H17F3N2O7. The number of carbonyl (C=O) groups excluding carboxylic acids is 2. The molecule has 3 atom stereocenters. The first-order chi connectivity index (χ1) is 13.3. The zero-order chi connectivity index (χ0) is 22.1. The molecule has 1 heterocycles. The van der Waals surface area contributed by atoms with Crippen molar-refractivity contribution in [3.8, 4) is 5.75 Å². The Hall–Kier alpha value is -3.12. The van der Waals surface area contributed by atoms with Gasteiger partial charge in [0.25, 0.3) is 5.91 Å². The van der Waals surface area contributed by atoms with Gasteiger partial charge < -0.3 is 30.3 Å². The molecule has 1 aromatic rings. The minimum Gasteiger partial charge on any atom is -0.507 e. The van der Waals surface area contributed by atoms with Crippen LogP contribution >= 0.6 is 0 Å². The number of aliphatic hydroxyl groups is 1. The molecule has 0 radical (unpaired) electrons. The molecule has 3 unspecified atom stereocenters. The second-order valence-electron chi connectivity index (χ2n) is 6.32. The van der Waals surface area contributed by atoms with Gasteiger partial charge in [0.1, 0.15) is 24.1 Å². The second kappa shape index (κ2) is 8.09. The van der Waals surface area contributed by atoms with Crippen molar-refractivity contribution in [1.29, 1.82) is 0 Å². The summed E-state index contributed by atoms with van der Waals surface area (Å²) in [5, 5.41) is 29.5. The number of carbonyl (C=O) groups is 3. The molecule has 29 heavy (non-hydrogen) atoms. The number of benzene rings is 1. The van der Waals surface area contributed by atoms with E-state index < -0.39 is 36.4 Å². The van der Waals surface area contributed by atoms with E-state index in [1.165, 1.54) is 18.2 Å². The Labute approximate surface area is 162 Å². The van der Waals surface area contributed by atoms with Crippen molar-refractivity contribution >= 4 is 23.3 Å².